The molecule has 0 fully saturated rings. The van der Waals surface area contributed by atoms with E-state index in [1.807, 2.05) is 24.3 Å². The molecule has 1 aliphatic carbocycles. The predicted octanol–water partition coefficient (Wildman–Crippen LogP) is 3.25. The lowest BCUT2D eigenvalue weighted by Crippen LogP contribution is -1.88. The first kappa shape index (κ1) is 13.8. The standard InChI is InChI=1S/C17H8N4/c1-2-13-16(11(7-18)8-19)14-5-3-4-6-15(14)17(13)12(9-20)10-21/h2-6H,1H3. The summed E-state index contributed by atoms with van der Waals surface area (Å²) in [5.74, 6) is 0. The van der Waals surface area contributed by atoms with Gasteiger partial charge in [0.05, 0.1) is 0 Å². The minimum absolute atomic E-state index is 0.0271. The average molecular weight is 268 g/mol. The van der Waals surface area contributed by atoms with E-state index in [1.54, 1.807) is 37.3 Å². The third-order valence-corrected chi connectivity index (χ3v) is 3.24. The lowest BCUT2D eigenvalue weighted by Gasteiger charge is -2.02. The van der Waals surface area contributed by atoms with Gasteiger partial charge in [-0.2, -0.15) is 21.0 Å². The van der Waals surface area contributed by atoms with Crippen LogP contribution in [0.3, 0.4) is 0 Å². The summed E-state index contributed by atoms with van der Waals surface area (Å²) in [4.78, 5) is 0. The Bertz CT molecular complexity index is 781. The highest BCUT2D eigenvalue weighted by molar-refractivity contribution is 6.12. The number of benzene rings is 1. The molecule has 0 bridgehead atoms. The van der Waals surface area contributed by atoms with E-state index in [0.717, 1.165) is 0 Å². The molecule has 0 unspecified atom stereocenters. The van der Waals surface area contributed by atoms with E-state index in [2.05, 4.69) is 0 Å². The third-order valence-electron chi connectivity index (χ3n) is 3.24. The number of nitrogens with zero attached hydrogens (tertiary/aromatic N) is 4. The summed E-state index contributed by atoms with van der Waals surface area (Å²) in [7, 11) is 0. The summed E-state index contributed by atoms with van der Waals surface area (Å²) < 4.78 is 0. The lowest BCUT2D eigenvalue weighted by atomic mass is 9.97. The molecule has 96 valence electrons. The van der Waals surface area contributed by atoms with E-state index >= 15 is 0 Å². The van der Waals surface area contributed by atoms with E-state index in [0.29, 0.717) is 27.8 Å². The molecule has 4 heteroatoms. The zero-order valence-corrected chi connectivity index (χ0v) is 11.2. The third kappa shape index (κ3) is 1.98. The highest BCUT2D eigenvalue weighted by atomic mass is 14.4. The molecular weight excluding hydrogens is 260 g/mol. The van der Waals surface area contributed by atoms with Crippen molar-refractivity contribution in [2.45, 2.75) is 6.92 Å². The molecular formula is C17H8N4. The Balaban J connectivity index is 3.03. The fraction of sp³-hybridized carbons (Fsp3) is 0.0588. The van der Waals surface area contributed by atoms with Crippen molar-refractivity contribution in [3.63, 3.8) is 0 Å². The SMILES string of the molecule is CC=C1C(=C(C#N)C#N)c2ccccc2C1=C(C#N)C#N. The smallest absolute Gasteiger partial charge is 0.138 e. The van der Waals surface area contributed by atoms with Crippen molar-refractivity contribution in [2.24, 2.45) is 0 Å². The van der Waals surface area contributed by atoms with Crippen LogP contribution in [0.1, 0.15) is 18.1 Å². The number of nitriles is 4. The molecule has 0 aromatic heterocycles. The lowest BCUT2D eigenvalue weighted by molar-refractivity contribution is 1.45. The van der Waals surface area contributed by atoms with Crippen LogP contribution >= 0.6 is 0 Å². The van der Waals surface area contributed by atoms with Crippen LogP contribution < -0.4 is 0 Å². The van der Waals surface area contributed by atoms with Gasteiger partial charge in [-0.1, -0.05) is 30.3 Å². The molecule has 4 nitrogen and oxygen atoms in total. The molecule has 1 aromatic rings. The summed E-state index contributed by atoms with van der Waals surface area (Å²) in [6.07, 6.45) is 1.72. The molecule has 0 heterocycles. The Morgan fingerprint density at radius 1 is 0.810 bits per heavy atom. The van der Waals surface area contributed by atoms with Gasteiger partial charge in [0.15, 0.2) is 0 Å². The van der Waals surface area contributed by atoms with E-state index in [-0.39, 0.29) is 11.1 Å². The summed E-state index contributed by atoms with van der Waals surface area (Å²) in [5, 5.41) is 36.6. The fourth-order valence-electron chi connectivity index (χ4n) is 2.44. The van der Waals surface area contributed by atoms with E-state index < -0.39 is 0 Å². The van der Waals surface area contributed by atoms with Crippen molar-refractivity contribution in [3.05, 3.63) is 58.2 Å². The van der Waals surface area contributed by atoms with Crippen molar-refractivity contribution in [1.29, 1.82) is 21.0 Å². The van der Waals surface area contributed by atoms with Gasteiger partial charge in [-0.15, -0.1) is 0 Å². The molecule has 1 aromatic carbocycles. The molecule has 0 spiro atoms. The molecule has 0 N–H and O–H groups in total. The molecule has 1 aliphatic rings. The molecule has 2 rings (SSSR count). The topological polar surface area (TPSA) is 95.2 Å². The van der Waals surface area contributed by atoms with Gasteiger partial charge < -0.3 is 0 Å². The van der Waals surface area contributed by atoms with Gasteiger partial charge >= 0.3 is 0 Å². The predicted molar refractivity (Wildman–Crippen MR) is 76.5 cm³/mol. The molecule has 0 aliphatic heterocycles. The number of hydrogen-bond donors (Lipinski definition) is 0. The number of fused-ring (bicyclic) bond motifs is 1. The van der Waals surface area contributed by atoms with Crippen LogP contribution in [-0.2, 0) is 0 Å². The van der Waals surface area contributed by atoms with Gasteiger partial charge in [0, 0.05) is 11.1 Å². The zero-order valence-electron chi connectivity index (χ0n) is 11.2. The molecule has 21 heavy (non-hydrogen) atoms. The van der Waals surface area contributed by atoms with Crippen LogP contribution in [0, 0.1) is 45.3 Å². The monoisotopic (exact) mass is 268 g/mol. The Morgan fingerprint density at radius 3 is 1.48 bits per heavy atom. The van der Waals surface area contributed by atoms with Gasteiger partial charge in [-0.05, 0) is 23.6 Å². The van der Waals surface area contributed by atoms with Crippen molar-refractivity contribution >= 4 is 11.1 Å². The Labute approximate surface area is 122 Å². The average Bonchev–Trinajstić information content (AvgIpc) is 2.85. The summed E-state index contributed by atoms with van der Waals surface area (Å²) in [6, 6.07) is 14.7. The van der Waals surface area contributed by atoms with Gasteiger partial charge in [-0.25, -0.2) is 0 Å². The van der Waals surface area contributed by atoms with Gasteiger partial charge in [0.2, 0.25) is 0 Å². The van der Waals surface area contributed by atoms with Crippen molar-refractivity contribution in [2.75, 3.05) is 0 Å². The van der Waals surface area contributed by atoms with Gasteiger partial charge in [0.25, 0.3) is 0 Å². The first-order chi connectivity index (χ1) is 10.2. The summed E-state index contributed by atoms with van der Waals surface area (Å²) in [6.45, 7) is 1.75. The van der Waals surface area contributed by atoms with Crippen LogP contribution in [0.25, 0.3) is 11.1 Å². The Hall–Kier alpha value is -3.60. The second-order valence-electron chi connectivity index (χ2n) is 4.20. The molecule has 0 saturated heterocycles. The van der Waals surface area contributed by atoms with Crippen LogP contribution in [0.5, 0.6) is 0 Å². The number of allylic oxidation sites excluding steroid dienone is 6. The first-order valence-corrected chi connectivity index (χ1v) is 6.09. The van der Waals surface area contributed by atoms with E-state index in [1.165, 1.54) is 0 Å². The molecule has 0 atom stereocenters. The maximum atomic E-state index is 9.16. The van der Waals surface area contributed by atoms with Crippen LogP contribution in [0.15, 0.2) is 47.1 Å². The molecule has 0 amide bonds. The number of hydrogen-bond acceptors (Lipinski definition) is 4. The van der Waals surface area contributed by atoms with Gasteiger partial charge in [0.1, 0.15) is 35.4 Å². The zero-order chi connectivity index (χ0) is 15.4. The van der Waals surface area contributed by atoms with E-state index in [9.17, 15) is 0 Å². The van der Waals surface area contributed by atoms with Crippen LogP contribution in [-0.4, -0.2) is 0 Å². The number of rotatable bonds is 0. The molecule has 0 radical (unpaired) electrons. The minimum atomic E-state index is -0.0271. The van der Waals surface area contributed by atoms with Crippen molar-refractivity contribution < 1.29 is 0 Å². The van der Waals surface area contributed by atoms with Crippen LogP contribution in [0.2, 0.25) is 0 Å². The van der Waals surface area contributed by atoms with Crippen molar-refractivity contribution in [3.8, 4) is 24.3 Å². The Morgan fingerprint density at radius 2 is 1.19 bits per heavy atom. The maximum absolute atomic E-state index is 9.16. The summed E-state index contributed by atoms with van der Waals surface area (Å²) >= 11 is 0. The van der Waals surface area contributed by atoms with Crippen LogP contribution in [0.4, 0.5) is 0 Å². The fourth-order valence-corrected chi connectivity index (χ4v) is 2.44. The quantitative estimate of drug-likeness (QED) is 0.674. The van der Waals surface area contributed by atoms with Crippen molar-refractivity contribution in [1.82, 2.24) is 0 Å². The molecule has 0 saturated carbocycles. The second-order valence-corrected chi connectivity index (χ2v) is 4.20. The maximum Gasteiger partial charge on any atom is 0.138 e. The minimum Gasteiger partial charge on any atom is -0.192 e. The Kier molecular flexibility index (Phi) is 3.67. The normalized spacial score (nSPS) is 11.6. The highest BCUT2D eigenvalue weighted by Crippen LogP contribution is 2.47. The van der Waals surface area contributed by atoms with Gasteiger partial charge in [-0.3, -0.25) is 0 Å². The second kappa shape index (κ2) is 5.58. The largest absolute Gasteiger partial charge is 0.192 e. The van der Waals surface area contributed by atoms with E-state index in [4.69, 9.17) is 21.0 Å². The summed E-state index contributed by atoms with van der Waals surface area (Å²) in [5.41, 5.74) is 2.88. The highest BCUT2D eigenvalue weighted by Gasteiger charge is 2.31. The first-order valence-electron chi connectivity index (χ1n) is 6.09.